The summed E-state index contributed by atoms with van der Waals surface area (Å²) in [5, 5.41) is 11.2. The Bertz CT molecular complexity index is 409. The highest BCUT2D eigenvalue weighted by atomic mass is 35.5. The lowest BCUT2D eigenvalue weighted by Gasteiger charge is -2.02. The molecule has 4 heteroatoms. The van der Waals surface area contributed by atoms with Crippen LogP contribution in [0.4, 0.5) is 5.69 Å². The van der Waals surface area contributed by atoms with E-state index in [1.807, 2.05) is 19.9 Å². The Hall–Kier alpha value is -1.35. The van der Waals surface area contributed by atoms with Gasteiger partial charge in [0.15, 0.2) is 0 Å². The third-order valence-electron chi connectivity index (χ3n) is 2.01. The number of nitrogens with zero attached hydrogens (tertiary/aromatic N) is 1. The van der Waals surface area contributed by atoms with Crippen molar-refractivity contribution < 1.29 is 4.92 Å². The predicted molar refractivity (Wildman–Crippen MR) is 61.2 cm³/mol. The van der Waals surface area contributed by atoms with Crippen LogP contribution in [-0.4, -0.2) is 4.92 Å². The molecule has 0 N–H and O–H groups in total. The molecule has 0 aliphatic rings. The van der Waals surface area contributed by atoms with Gasteiger partial charge in [0.1, 0.15) is 0 Å². The van der Waals surface area contributed by atoms with Gasteiger partial charge < -0.3 is 0 Å². The van der Waals surface area contributed by atoms with Gasteiger partial charge in [-0.05, 0) is 26.3 Å². The fourth-order valence-electron chi connectivity index (χ4n) is 1.23. The molecular weight excluding hydrogens is 214 g/mol. The molecule has 0 bridgehead atoms. The first-order chi connectivity index (χ1) is 7.02. The van der Waals surface area contributed by atoms with Crippen LogP contribution in [0.3, 0.4) is 0 Å². The minimum Gasteiger partial charge on any atom is -0.258 e. The lowest BCUT2D eigenvalue weighted by Crippen LogP contribution is -1.95. The second-order valence-electron chi connectivity index (χ2n) is 3.48. The van der Waals surface area contributed by atoms with Crippen molar-refractivity contribution in [1.82, 2.24) is 0 Å². The number of rotatable bonds is 3. The number of allylic oxidation sites excluding steroid dienone is 2. The van der Waals surface area contributed by atoms with Gasteiger partial charge in [0, 0.05) is 6.07 Å². The van der Waals surface area contributed by atoms with Crippen LogP contribution in [-0.2, 0) is 6.42 Å². The molecule has 1 aromatic carbocycles. The Morgan fingerprint density at radius 1 is 1.53 bits per heavy atom. The van der Waals surface area contributed by atoms with Crippen molar-refractivity contribution in [2.45, 2.75) is 20.3 Å². The van der Waals surface area contributed by atoms with Crippen molar-refractivity contribution in [3.05, 3.63) is 50.5 Å². The fraction of sp³-hybridized carbons (Fsp3) is 0.273. The standard InChI is InChI=1S/C11H12ClNO2/c1-8(2)6-7-9-10(12)4-3-5-11(9)13(14)15/h3-6H,7H2,1-2H3. The van der Waals surface area contributed by atoms with E-state index in [1.165, 1.54) is 6.07 Å². The van der Waals surface area contributed by atoms with E-state index in [0.29, 0.717) is 17.0 Å². The molecule has 0 amide bonds. The minimum absolute atomic E-state index is 0.0833. The number of nitro benzene ring substituents is 1. The van der Waals surface area contributed by atoms with Crippen LogP contribution in [0.15, 0.2) is 29.8 Å². The molecule has 3 nitrogen and oxygen atoms in total. The van der Waals surface area contributed by atoms with E-state index in [1.54, 1.807) is 12.1 Å². The molecule has 0 saturated carbocycles. The zero-order valence-corrected chi connectivity index (χ0v) is 9.41. The van der Waals surface area contributed by atoms with Gasteiger partial charge in [0.2, 0.25) is 0 Å². The second-order valence-corrected chi connectivity index (χ2v) is 3.89. The molecular formula is C11H12ClNO2. The van der Waals surface area contributed by atoms with Crippen molar-refractivity contribution in [1.29, 1.82) is 0 Å². The number of halogens is 1. The van der Waals surface area contributed by atoms with Crippen molar-refractivity contribution in [2.75, 3.05) is 0 Å². The summed E-state index contributed by atoms with van der Waals surface area (Å²) in [5.41, 5.74) is 1.77. The van der Waals surface area contributed by atoms with Gasteiger partial charge in [-0.2, -0.15) is 0 Å². The van der Waals surface area contributed by atoms with E-state index in [4.69, 9.17) is 11.6 Å². The summed E-state index contributed by atoms with van der Waals surface area (Å²) in [6.45, 7) is 3.89. The lowest BCUT2D eigenvalue weighted by atomic mass is 10.1. The van der Waals surface area contributed by atoms with Crippen LogP contribution < -0.4 is 0 Å². The van der Waals surface area contributed by atoms with Gasteiger partial charge in [-0.25, -0.2) is 0 Å². The summed E-state index contributed by atoms with van der Waals surface area (Å²) < 4.78 is 0. The van der Waals surface area contributed by atoms with Crippen LogP contribution in [0.1, 0.15) is 19.4 Å². The van der Waals surface area contributed by atoms with E-state index in [9.17, 15) is 10.1 Å². The smallest absolute Gasteiger partial charge is 0.258 e. The van der Waals surface area contributed by atoms with Crippen LogP contribution in [0, 0.1) is 10.1 Å². The molecule has 0 aliphatic heterocycles. The van der Waals surface area contributed by atoms with Gasteiger partial charge in [-0.15, -0.1) is 0 Å². The van der Waals surface area contributed by atoms with E-state index < -0.39 is 4.92 Å². The van der Waals surface area contributed by atoms with Crippen molar-refractivity contribution in [3.63, 3.8) is 0 Å². The molecule has 80 valence electrons. The Balaban J connectivity index is 3.13. The fourth-order valence-corrected chi connectivity index (χ4v) is 1.47. The maximum Gasteiger partial charge on any atom is 0.274 e. The Morgan fingerprint density at radius 2 is 2.20 bits per heavy atom. The summed E-state index contributed by atoms with van der Waals surface area (Å²) in [6.07, 6.45) is 2.42. The number of nitro groups is 1. The molecule has 0 heterocycles. The molecule has 0 radical (unpaired) electrons. The average molecular weight is 226 g/mol. The SMILES string of the molecule is CC(C)=CCc1c(Cl)cccc1[N+](=O)[O-]. The number of benzene rings is 1. The van der Waals surface area contributed by atoms with Gasteiger partial charge in [-0.3, -0.25) is 10.1 Å². The van der Waals surface area contributed by atoms with E-state index >= 15 is 0 Å². The summed E-state index contributed by atoms with van der Waals surface area (Å²) in [5.74, 6) is 0. The molecule has 0 unspecified atom stereocenters. The third kappa shape index (κ3) is 3.06. The van der Waals surface area contributed by atoms with Crippen LogP contribution in [0.5, 0.6) is 0 Å². The van der Waals surface area contributed by atoms with E-state index in [0.717, 1.165) is 5.57 Å². The Labute approximate surface area is 93.5 Å². The van der Waals surface area contributed by atoms with Gasteiger partial charge in [-0.1, -0.05) is 29.3 Å². The van der Waals surface area contributed by atoms with Gasteiger partial charge in [0.25, 0.3) is 5.69 Å². The van der Waals surface area contributed by atoms with Gasteiger partial charge in [0.05, 0.1) is 15.5 Å². The molecule has 15 heavy (non-hydrogen) atoms. The maximum atomic E-state index is 10.7. The summed E-state index contributed by atoms with van der Waals surface area (Å²) in [6, 6.07) is 4.73. The molecule has 0 aliphatic carbocycles. The summed E-state index contributed by atoms with van der Waals surface area (Å²) in [4.78, 5) is 10.3. The third-order valence-corrected chi connectivity index (χ3v) is 2.36. The first kappa shape index (κ1) is 11.7. The van der Waals surface area contributed by atoms with E-state index in [2.05, 4.69) is 0 Å². The maximum absolute atomic E-state index is 10.7. The lowest BCUT2D eigenvalue weighted by molar-refractivity contribution is -0.385. The number of hydrogen-bond donors (Lipinski definition) is 0. The molecule has 0 spiro atoms. The first-order valence-corrected chi connectivity index (χ1v) is 4.95. The zero-order valence-electron chi connectivity index (χ0n) is 8.66. The molecule has 1 rings (SSSR count). The second kappa shape index (κ2) is 4.94. The van der Waals surface area contributed by atoms with Gasteiger partial charge >= 0.3 is 0 Å². The highest BCUT2D eigenvalue weighted by molar-refractivity contribution is 6.31. The number of hydrogen-bond acceptors (Lipinski definition) is 2. The summed E-state index contributed by atoms with van der Waals surface area (Å²) >= 11 is 5.92. The molecule has 0 aromatic heterocycles. The van der Waals surface area contributed by atoms with Crippen molar-refractivity contribution in [2.24, 2.45) is 0 Å². The Kier molecular flexibility index (Phi) is 3.86. The van der Waals surface area contributed by atoms with Crippen molar-refractivity contribution in [3.8, 4) is 0 Å². The average Bonchev–Trinajstić information content (AvgIpc) is 2.15. The first-order valence-electron chi connectivity index (χ1n) is 4.57. The quantitative estimate of drug-likeness (QED) is 0.447. The van der Waals surface area contributed by atoms with E-state index in [-0.39, 0.29) is 5.69 Å². The topological polar surface area (TPSA) is 43.1 Å². The molecule has 1 aromatic rings. The van der Waals surface area contributed by atoms with Crippen molar-refractivity contribution >= 4 is 17.3 Å². The predicted octanol–water partition coefficient (Wildman–Crippen LogP) is 3.76. The zero-order chi connectivity index (χ0) is 11.4. The highest BCUT2D eigenvalue weighted by Gasteiger charge is 2.14. The summed E-state index contributed by atoms with van der Waals surface area (Å²) in [7, 11) is 0. The van der Waals surface area contributed by atoms with Crippen LogP contribution in [0.25, 0.3) is 0 Å². The van der Waals surface area contributed by atoms with Crippen LogP contribution in [0.2, 0.25) is 5.02 Å². The Morgan fingerprint density at radius 3 is 2.73 bits per heavy atom. The normalized spacial score (nSPS) is 9.80. The molecule has 0 atom stereocenters. The molecule has 0 saturated heterocycles. The highest BCUT2D eigenvalue weighted by Crippen LogP contribution is 2.27. The largest absolute Gasteiger partial charge is 0.274 e. The van der Waals surface area contributed by atoms with Crippen LogP contribution >= 0.6 is 11.6 Å². The minimum atomic E-state index is -0.403. The molecule has 0 fully saturated rings. The monoisotopic (exact) mass is 225 g/mol.